The maximum absolute atomic E-state index is 13.4. The largest absolute Gasteiger partial charge is 0.497 e. The van der Waals surface area contributed by atoms with E-state index in [4.69, 9.17) is 9.47 Å². The molecule has 1 saturated heterocycles. The highest BCUT2D eigenvalue weighted by Gasteiger charge is 2.37. The van der Waals surface area contributed by atoms with E-state index < -0.39 is 0 Å². The average Bonchev–Trinajstić information content (AvgIpc) is 3.43. The zero-order chi connectivity index (χ0) is 22.2. The molecule has 166 valence electrons. The van der Waals surface area contributed by atoms with Crippen LogP contribution in [-0.4, -0.2) is 34.3 Å². The molecule has 3 atom stereocenters. The van der Waals surface area contributed by atoms with Gasteiger partial charge in [-0.15, -0.1) is 0 Å². The Labute approximate surface area is 188 Å². The number of nitrogens with zero attached hydrogens (tertiary/aromatic N) is 3. The molecule has 1 aromatic heterocycles. The number of rotatable bonds is 5. The SMILES string of the molecule is COc1ccc(C(C)N2C(=O)c3cc(-c4cnn(C5CCCCO5)c4)ccc3C2C)cc1. The number of carbonyl (C=O) groups excluding carboxylic acids is 1. The van der Waals surface area contributed by atoms with E-state index in [1.807, 2.05) is 52.3 Å². The van der Waals surface area contributed by atoms with E-state index in [0.29, 0.717) is 0 Å². The van der Waals surface area contributed by atoms with Crippen molar-refractivity contribution in [2.24, 2.45) is 0 Å². The molecule has 0 spiro atoms. The highest BCUT2D eigenvalue weighted by Crippen LogP contribution is 2.41. The van der Waals surface area contributed by atoms with Crippen LogP contribution in [0.1, 0.15) is 72.9 Å². The van der Waals surface area contributed by atoms with Crippen LogP contribution in [0.5, 0.6) is 5.75 Å². The molecule has 0 N–H and O–H groups in total. The van der Waals surface area contributed by atoms with Crippen molar-refractivity contribution >= 4 is 5.91 Å². The number of carbonyl (C=O) groups is 1. The summed E-state index contributed by atoms with van der Waals surface area (Å²) in [5.41, 5.74) is 4.95. The van der Waals surface area contributed by atoms with Gasteiger partial charge < -0.3 is 14.4 Å². The van der Waals surface area contributed by atoms with E-state index in [0.717, 1.165) is 59.4 Å². The minimum atomic E-state index is -0.0366. The Hall–Kier alpha value is -3.12. The summed E-state index contributed by atoms with van der Waals surface area (Å²) < 4.78 is 13.0. The van der Waals surface area contributed by atoms with Crippen LogP contribution < -0.4 is 4.74 Å². The van der Waals surface area contributed by atoms with E-state index in [1.54, 1.807) is 7.11 Å². The molecule has 0 saturated carbocycles. The Morgan fingerprint density at radius 3 is 2.66 bits per heavy atom. The molecule has 3 heterocycles. The van der Waals surface area contributed by atoms with Gasteiger partial charge in [-0.1, -0.05) is 24.3 Å². The lowest BCUT2D eigenvalue weighted by atomic mass is 10.00. The number of aromatic nitrogens is 2. The van der Waals surface area contributed by atoms with E-state index >= 15 is 0 Å². The molecule has 0 aliphatic carbocycles. The van der Waals surface area contributed by atoms with Gasteiger partial charge in [-0.05, 0) is 68.0 Å². The molecule has 6 nitrogen and oxygen atoms in total. The third kappa shape index (κ3) is 3.58. The normalized spacial score (nSPS) is 21.5. The second kappa shape index (κ2) is 8.43. The maximum atomic E-state index is 13.4. The number of amides is 1. The number of ether oxygens (including phenoxy) is 2. The molecule has 0 radical (unpaired) electrons. The zero-order valence-corrected chi connectivity index (χ0v) is 18.8. The number of methoxy groups -OCH3 is 1. The summed E-state index contributed by atoms with van der Waals surface area (Å²) >= 11 is 0. The van der Waals surface area contributed by atoms with Gasteiger partial charge in [-0.2, -0.15) is 5.10 Å². The monoisotopic (exact) mass is 431 g/mol. The van der Waals surface area contributed by atoms with Gasteiger partial charge in [-0.3, -0.25) is 4.79 Å². The fourth-order valence-corrected chi connectivity index (χ4v) is 4.88. The van der Waals surface area contributed by atoms with Gasteiger partial charge in [0.05, 0.1) is 25.4 Å². The summed E-state index contributed by atoms with van der Waals surface area (Å²) in [6, 6.07) is 14.1. The van der Waals surface area contributed by atoms with Gasteiger partial charge in [0.25, 0.3) is 5.91 Å². The first kappa shape index (κ1) is 20.8. The molecule has 1 fully saturated rings. The van der Waals surface area contributed by atoms with Crippen LogP contribution >= 0.6 is 0 Å². The Morgan fingerprint density at radius 2 is 1.94 bits per heavy atom. The lowest BCUT2D eigenvalue weighted by molar-refractivity contribution is -0.0394. The van der Waals surface area contributed by atoms with Crippen LogP contribution in [0.25, 0.3) is 11.1 Å². The summed E-state index contributed by atoms with van der Waals surface area (Å²) in [5, 5.41) is 4.53. The average molecular weight is 432 g/mol. The zero-order valence-electron chi connectivity index (χ0n) is 18.8. The second-order valence-corrected chi connectivity index (χ2v) is 8.67. The Balaban J connectivity index is 1.40. The molecule has 1 amide bonds. The third-order valence-electron chi connectivity index (χ3n) is 6.79. The van der Waals surface area contributed by atoms with Gasteiger partial charge in [0.1, 0.15) is 12.0 Å². The first-order chi connectivity index (χ1) is 15.6. The number of hydrogen-bond donors (Lipinski definition) is 0. The van der Waals surface area contributed by atoms with Crippen LogP contribution in [-0.2, 0) is 4.74 Å². The van der Waals surface area contributed by atoms with Crippen LogP contribution in [0.2, 0.25) is 0 Å². The maximum Gasteiger partial charge on any atom is 0.255 e. The van der Waals surface area contributed by atoms with Crippen LogP contribution in [0, 0.1) is 0 Å². The number of hydrogen-bond acceptors (Lipinski definition) is 4. The van der Waals surface area contributed by atoms with Crippen LogP contribution in [0.4, 0.5) is 0 Å². The highest BCUT2D eigenvalue weighted by atomic mass is 16.5. The minimum Gasteiger partial charge on any atom is -0.497 e. The van der Waals surface area contributed by atoms with Crippen molar-refractivity contribution in [2.75, 3.05) is 13.7 Å². The number of fused-ring (bicyclic) bond motifs is 1. The molecule has 2 aromatic carbocycles. The predicted molar refractivity (Wildman–Crippen MR) is 122 cm³/mol. The quantitative estimate of drug-likeness (QED) is 0.533. The first-order valence-corrected chi connectivity index (χ1v) is 11.3. The standard InChI is InChI=1S/C26H29N3O3/c1-17(19-7-10-22(31-3)11-8-19)29-18(2)23-12-9-20(14-24(23)26(29)30)21-15-27-28(16-21)25-6-4-5-13-32-25/h7-12,14-18,25H,4-6,13H2,1-3H3. The van der Waals surface area contributed by atoms with E-state index in [1.165, 1.54) is 0 Å². The summed E-state index contributed by atoms with van der Waals surface area (Å²) in [5.74, 6) is 0.884. The van der Waals surface area contributed by atoms with Crippen molar-refractivity contribution in [1.82, 2.24) is 14.7 Å². The van der Waals surface area contributed by atoms with Crippen LogP contribution in [0.15, 0.2) is 54.9 Å². The first-order valence-electron chi connectivity index (χ1n) is 11.3. The van der Waals surface area contributed by atoms with E-state index in [9.17, 15) is 4.79 Å². The van der Waals surface area contributed by atoms with E-state index in [-0.39, 0.29) is 24.2 Å². The lowest BCUT2D eigenvalue weighted by Crippen LogP contribution is -2.29. The number of benzene rings is 2. The fraction of sp³-hybridized carbons (Fsp3) is 0.385. The van der Waals surface area contributed by atoms with Gasteiger partial charge in [0, 0.05) is 23.9 Å². The van der Waals surface area contributed by atoms with Gasteiger partial charge in [-0.25, -0.2) is 4.68 Å². The Kier molecular flexibility index (Phi) is 5.47. The molecule has 2 aliphatic heterocycles. The smallest absolute Gasteiger partial charge is 0.255 e. The second-order valence-electron chi connectivity index (χ2n) is 8.67. The molecule has 2 aliphatic rings. The lowest BCUT2D eigenvalue weighted by Gasteiger charge is -2.29. The predicted octanol–water partition coefficient (Wildman–Crippen LogP) is 5.54. The van der Waals surface area contributed by atoms with Crippen LogP contribution in [0.3, 0.4) is 0 Å². The van der Waals surface area contributed by atoms with E-state index in [2.05, 4.69) is 31.1 Å². The minimum absolute atomic E-state index is 0.00872. The van der Waals surface area contributed by atoms with Crippen molar-refractivity contribution in [2.45, 2.75) is 51.4 Å². The molecule has 0 bridgehead atoms. The van der Waals surface area contributed by atoms with Gasteiger partial charge in [0.2, 0.25) is 0 Å². The third-order valence-corrected chi connectivity index (χ3v) is 6.79. The Bertz CT molecular complexity index is 1120. The molecule has 6 heteroatoms. The van der Waals surface area contributed by atoms with Crippen molar-refractivity contribution in [3.05, 3.63) is 71.5 Å². The Morgan fingerprint density at radius 1 is 1.12 bits per heavy atom. The van der Waals surface area contributed by atoms with Gasteiger partial charge >= 0.3 is 0 Å². The topological polar surface area (TPSA) is 56.6 Å². The summed E-state index contributed by atoms with van der Waals surface area (Å²) in [4.78, 5) is 15.4. The van der Waals surface area contributed by atoms with Gasteiger partial charge in [0.15, 0.2) is 0 Å². The highest BCUT2D eigenvalue weighted by molar-refractivity contribution is 6.00. The molecular formula is C26H29N3O3. The van der Waals surface area contributed by atoms with Crippen molar-refractivity contribution in [1.29, 1.82) is 0 Å². The molecule has 5 rings (SSSR count). The summed E-state index contributed by atoms with van der Waals surface area (Å²) in [6.07, 6.45) is 7.15. The van der Waals surface area contributed by atoms with Crippen molar-refractivity contribution in [3.63, 3.8) is 0 Å². The van der Waals surface area contributed by atoms with Crippen molar-refractivity contribution < 1.29 is 14.3 Å². The molecule has 32 heavy (non-hydrogen) atoms. The van der Waals surface area contributed by atoms with Crippen molar-refractivity contribution in [3.8, 4) is 16.9 Å². The summed E-state index contributed by atoms with van der Waals surface area (Å²) in [6.45, 7) is 4.96. The molecule has 3 unspecified atom stereocenters. The molecule has 3 aromatic rings. The molecular weight excluding hydrogens is 402 g/mol. The summed E-state index contributed by atoms with van der Waals surface area (Å²) in [7, 11) is 1.66. The fourth-order valence-electron chi connectivity index (χ4n) is 4.88.